The number of rotatable bonds is 1. The van der Waals surface area contributed by atoms with Crippen LogP contribution in [0.15, 0.2) is 45.3 Å². The van der Waals surface area contributed by atoms with Crippen LogP contribution in [0.1, 0.15) is 0 Å². The van der Waals surface area contributed by atoms with E-state index in [1.54, 1.807) is 0 Å². The van der Waals surface area contributed by atoms with Gasteiger partial charge in [0.2, 0.25) is 0 Å². The molecule has 2 rings (SSSR count). The van der Waals surface area contributed by atoms with Crippen LogP contribution in [0.3, 0.4) is 0 Å². The molecule has 2 aromatic carbocycles. The molecule has 0 aliphatic heterocycles. The zero-order valence-electron chi connectivity index (χ0n) is 9.19. The minimum Gasteiger partial charge on any atom is -0.398 e. The van der Waals surface area contributed by atoms with Gasteiger partial charge >= 0.3 is 0 Å². The first kappa shape index (κ1) is 17.6. The van der Waals surface area contributed by atoms with Crippen molar-refractivity contribution in [2.45, 2.75) is 0 Å². The first-order valence-corrected chi connectivity index (χ1v) is 6.27. The molecule has 0 radical (unpaired) electrons. The fourth-order valence-electron chi connectivity index (χ4n) is 1.41. The quantitative estimate of drug-likeness (QED) is 0.653. The van der Waals surface area contributed by atoms with Crippen molar-refractivity contribution in [3.05, 3.63) is 45.3 Å². The van der Waals surface area contributed by atoms with Gasteiger partial charge in [0.15, 0.2) is 0 Å². The smallest absolute Gasteiger partial charge is 0.0458 e. The number of nitrogen functional groups attached to an aromatic ring is 2. The van der Waals surface area contributed by atoms with Crippen LogP contribution in [0.25, 0.3) is 11.1 Å². The molecular formula is C12H12Br2Cl2N2. The molecule has 0 bridgehead atoms. The highest BCUT2D eigenvalue weighted by molar-refractivity contribution is 9.11. The molecule has 98 valence electrons. The lowest BCUT2D eigenvalue weighted by atomic mass is 10.1. The Balaban J connectivity index is 0.00000144. The third-order valence-electron chi connectivity index (χ3n) is 2.33. The summed E-state index contributed by atoms with van der Waals surface area (Å²) in [4.78, 5) is 0. The van der Waals surface area contributed by atoms with E-state index in [4.69, 9.17) is 11.5 Å². The first-order chi connectivity index (χ1) is 7.58. The highest BCUT2D eigenvalue weighted by Crippen LogP contribution is 2.30. The summed E-state index contributed by atoms with van der Waals surface area (Å²) in [6, 6.07) is 11.7. The van der Waals surface area contributed by atoms with Crippen molar-refractivity contribution in [1.29, 1.82) is 0 Å². The van der Waals surface area contributed by atoms with Gasteiger partial charge in [0.25, 0.3) is 0 Å². The van der Waals surface area contributed by atoms with Gasteiger partial charge < -0.3 is 11.5 Å². The summed E-state index contributed by atoms with van der Waals surface area (Å²) in [5.74, 6) is 0. The van der Waals surface area contributed by atoms with E-state index in [-0.39, 0.29) is 24.8 Å². The van der Waals surface area contributed by atoms with E-state index in [0.29, 0.717) is 0 Å². The van der Waals surface area contributed by atoms with Gasteiger partial charge in [0.1, 0.15) is 0 Å². The number of hydrogen-bond acceptors (Lipinski definition) is 2. The third kappa shape index (κ3) is 3.79. The summed E-state index contributed by atoms with van der Waals surface area (Å²) in [5.41, 5.74) is 15.2. The van der Waals surface area contributed by atoms with Crippen molar-refractivity contribution >= 4 is 68.0 Å². The van der Waals surface area contributed by atoms with Crippen LogP contribution in [0.4, 0.5) is 11.4 Å². The van der Waals surface area contributed by atoms with Crippen molar-refractivity contribution in [3.8, 4) is 11.1 Å². The Bertz CT molecular complexity index is 498. The van der Waals surface area contributed by atoms with Gasteiger partial charge in [-0.15, -0.1) is 24.8 Å². The summed E-state index contributed by atoms with van der Waals surface area (Å²) in [6.45, 7) is 0. The number of nitrogens with two attached hydrogens (primary N) is 2. The lowest BCUT2D eigenvalue weighted by Gasteiger charge is -2.06. The lowest BCUT2D eigenvalue weighted by Crippen LogP contribution is -1.89. The Morgan fingerprint density at radius 3 is 1.28 bits per heavy atom. The lowest BCUT2D eigenvalue weighted by molar-refractivity contribution is 1.56. The Morgan fingerprint density at radius 1 is 0.667 bits per heavy atom. The Kier molecular flexibility index (Phi) is 7.07. The van der Waals surface area contributed by atoms with E-state index in [2.05, 4.69) is 31.9 Å². The van der Waals surface area contributed by atoms with E-state index < -0.39 is 0 Å². The molecule has 0 spiro atoms. The zero-order chi connectivity index (χ0) is 11.7. The van der Waals surface area contributed by atoms with Crippen LogP contribution in [-0.4, -0.2) is 0 Å². The molecule has 0 atom stereocenters. The minimum absolute atomic E-state index is 0. The second kappa shape index (κ2) is 7.24. The highest BCUT2D eigenvalue weighted by Gasteiger charge is 2.03. The SMILES string of the molecule is Cl.Cl.Nc1ccc(-c2ccc(N)c(Br)c2)cc1Br. The van der Waals surface area contributed by atoms with Crippen LogP contribution in [0.2, 0.25) is 0 Å². The topological polar surface area (TPSA) is 52.0 Å². The largest absolute Gasteiger partial charge is 0.398 e. The van der Waals surface area contributed by atoms with E-state index in [1.807, 2.05) is 36.4 Å². The van der Waals surface area contributed by atoms with Gasteiger partial charge in [0, 0.05) is 20.3 Å². The molecule has 0 aliphatic carbocycles. The molecule has 18 heavy (non-hydrogen) atoms. The van der Waals surface area contributed by atoms with Crippen LogP contribution in [0.5, 0.6) is 0 Å². The molecule has 0 aliphatic rings. The maximum Gasteiger partial charge on any atom is 0.0458 e. The summed E-state index contributed by atoms with van der Waals surface area (Å²) < 4.78 is 1.80. The molecule has 4 N–H and O–H groups in total. The van der Waals surface area contributed by atoms with E-state index in [0.717, 1.165) is 31.4 Å². The third-order valence-corrected chi connectivity index (χ3v) is 3.71. The normalized spacial score (nSPS) is 9.22. The van der Waals surface area contributed by atoms with Crippen molar-refractivity contribution in [1.82, 2.24) is 0 Å². The second-order valence-corrected chi connectivity index (χ2v) is 5.18. The molecule has 2 aromatic rings. The average molecular weight is 415 g/mol. The highest BCUT2D eigenvalue weighted by atomic mass is 79.9. The van der Waals surface area contributed by atoms with Crippen LogP contribution in [-0.2, 0) is 0 Å². The predicted octanol–water partition coefficient (Wildman–Crippen LogP) is 4.89. The molecule has 0 saturated heterocycles. The first-order valence-electron chi connectivity index (χ1n) is 4.68. The molecule has 0 fully saturated rings. The van der Waals surface area contributed by atoms with Gasteiger partial charge in [-0.1, -0.05) is 12.1 Å². The summed E-state index contributed by atoms with van der Waals surface area (Å²) in [5, 5.41) is 0. The van der Waals surface area contributed by atoms with Crippen molar-refractivity contribution in [2.24, 2.45) is 0 Å². The van der Waals surface area contributed by atoms with Gasteiger partial charge in [0.05, 0.1) is 0 Å². The second-order valence-electron chi connectivity index (χ2n) is 3.47. The number of halogens is 4. The molecule has 0 aromatic heterocycles. The van der Waals surface area contributed by atoms with Crippen molar-refractivity contribution < 1.29 is 0 Å². The van der Waals surface area contributed by atoms with Crippen LogP contribution >= 0.6 is 56.7 Å². The maximum atomic E-state index is 5.74. The summed E-state index contributed by atoms with van der Waals surface area (Å²) in [6.07, 6.45) is 0. The Morgan fingerprint density at radius 2 is 1.00 bits per heavy atom. The van der Waals surface area contributed by atoms with E-state index in [1.165, 1.54) is 0 Å². The molecule has 0 amide bonds. The molecular weight excluding hydrogens is 403 g/mol. The van der Waals surface area contributed by atoms with Gasteiger partial charge in [-0.2, -0.15) is 0 Å². The summed E-state index contributed by atoms with van der Waals surface area (Å²) in [7, 11) is 0. The van der Waals surface area contributed by atoms with E-state index in [9.17, 15) is 0 Å². The van der Waals surface area contributed by atoms with Crippen LogP contribution < -0.4 is 11.5 Å². The fraction of sp³-hybridized carbons (Fsp3) is 0. The maximum absolute atomic E-state index is 5.74. The number of anilines is 2. The fourth-order valence-corrected chi connectivity index (χ4v) is 2.17. The monoisotopic (exact) mass is 412 g/mol. The van der Waals surface area contributed by atoms with E-state index >= 15 is 0 Å². The Hall–Kier alpha value is -0.420. The average Bonchev–Trinajstić information content (AvgIpc) is 2.26. The standard InChI is InChI=1S/C12H10Br2N2.2ClH/c13-9-5-7(1-3-11(9)15)8-2-4-12(16)10(14)6-8;;/h1-6H,15-16H2;2*1H. The molecule has 0 saturated carbocycles. The molecule has 6 heteroatoms. The van der Waals surface area contributed by atoms with Crippen molar-refractivity contribution in [3.63, 3.8) is 0 Å². The zero-order valence-corrected chi connectivity index (χ0v) is 14.0. The molecule has 2 nitrogen and oxygen atoms in total. The number of benzene rings is 2. The number of hydrogen-bond donors (Lipinski definition) is 2. The minimum atomic E-state index is 0. The molecule has 0 unspecified atom stereocenters. The van der Waals surface area contributed by atoms with Gasteiger partial charge in [-0.25, -0.2) is 0 Å². The predicted molar refractivity (Wildman–Crippen MR) is 90.6 cm³/mol. The Labute approximate surface area is 135 Å². The molecule has 0 heterocycles. The van der Waals surface area contributed by atoms with Gasteiger partial charge in [-0.05, 0) is 67.3 Å². The summed E-state index contributed by atoms with van der Waals surface area (Å²) >= 11 is 6.83. The van der Waals surface area contributed by atoms with Crippen molar-refractivity contribution in [2.75, 3.05) is 11.5 Å². The van der Waals surface area contributed by atoms with Gasteiger partial charge in [-0.3, -0.25) is 0 Å². The van der Waals surface area contributed by atoms with Crippen LogP contribution in [0, 0.1) is 0 Å².